The minimum atomic E-state index is -5.17. The van der Waals surface area contributed by atoms with E-state index >= 15 is 0 Å². The molecule has 2 aromatic heterocycles. The van der Waals surface area contributed by atoms with Gasteiger partial charge in [0.15, 0.2) is 0 Å². The number of rotatable bonds is 7. The smallest absolute Gasteiger partial charge is 0.744 e. The minimum absolute atomic E-state index is 0. The Bertz CT molecular complexity index is 1690. The molecule has 0 bridgehead atoms. The first-order valence-corrected chi connectivity index (χ1v) is 15.0. The predicted octanol–water partition coefficient (Wildman–Crippen LogP) is -2.05. The van der Waals surface area contributed by atoms with Crippen LogP contribution in [-0.2, 0) is 20.2 Å². The molecule has 18 heteroatoms. The average molecular weight is 665 g/mol. The largest absolute Gasteiger partial charge is 1.00 e. The van der Waals surface area contributed by atoms with E-state index in [1.165, 1.54) is 32.9 Å². The fourth-order valence-corrected chi connectivity index (χ4v) is 5.83. The van der Waals surface area contributed by atoms with Crippen molar-refractivity contribution in [3.05, 3.63) is 71.3 Å². The molecule has 0 unspecified atom stereocenters. The normalized spacial score (nSPS) is 11.3. The second kappa shape index (κ2) is 14.2. The fourth-order valence-electron chi connectivity index (χ4n) is 3.98. The van der Waals surface area contributed by atoms with E-state index in [2.05, 4.69) is 45.6 Å². The molecule has 2 aromatic carbocycles. The van der Waals surface area contributed by atoms with Crippen molar-refractivity contribution in [3.8, 4) is 11.1 Å². The van der Waals surface area contributed by atoms with Crippen LogP contribution in [0.25, 0.3) is 11.1 Å². The first kappa shape index (κ1) is 36.9. The topological polar surface area (TPSA) is 172 Å². The first-order valence-electron chi connectivity index (χ1n) is 11.4. The van der Waals surface area contributed by atoms with Gasteiger partial charge in [-0.05, 0) is 64.1 Å². The van der Waals surface area contributed by atoms with E-state index in [1.54, 1.807) is 39.8 Å². The fraction of sp³-hybridized carbons (Fsp3) is 0.167. The molecule has 0 atom stereocenters. The Kier molecular flexibility index (Phi) is 12.5. The number of benzene rings is 2. The molecule has 0 saturated carbocycles. The Labute approximate surface area is 299 Å². The van der Waals surface area contributed by atoms with Gasteiger partial charge in [-0.3, -0.25) is 8.61 Å². The summed E-state index contributed by atoms with van der Waals surface area (Å²) >= 11 is 8.72. The molecule has 2 heterocycles. The molecule has 210 valence electrons. The van der Waals surface area contributed by atoms with Gasteiger partial charge >= 0.3 is 59.1 Å². The molecule has 4 aromatic rings. The van der Waals surface area contributed by atoms with E-state index in [0.29, 0.717) is 22.8 Å². The summed E-state index contributed by atoms with van der Waals surface area (Å²) in [6.07, 6.45) is 0. The monoisotopic (exact) mass is 664 g/mol. The van der Waals surface area contributed by atoms with Gasteiger partial charge in [-0.2, -0.15) is 0 Å². The Balaban J connectivity index is 0.00000308. The van der Waals surface area contributed by atoms with Crippen molar-refractivity contribution in [1.82, 2.24) is 19.9 Å². The van der Waals surface area contributed by atoms with E-state index in [-0.39, 0.29) is 93.5 Å². The number of anilines is 4. The number of aryl methyl sites for hydroxylation is 4. The minimum Gasteiger partial charge on any atom is -0.744 e. The van der Waals surface area contributed by atoms with E-state index in [4.69, 9.17) is 0 Å². The number of hydrogen-bond donors (Lipinski definition) is 2. The van der Waals surface area contributed by atoms with Crippen LogP contribution in [0.3, 0.4) is 0 Å². The Hall–Kier alpha value is -1.28. The van der Waals surface area contributed by atoms with Gasteiger partial charge in [-0.25, -0.2) is 36.8 Å². The molecule has 12 nitrogen and oxygen atoms in total. The van der Waals surface area contributed by atoms with Crippen LogP contribution in [0.4, 0.5) is 23.3 Å². The third kappa shape index (κ3) is 8.46. The maximum absolute atomic E-state index is 12.3. The third-order valence-corrected chi connectivity index (χ3v) is 8.14. The second-order valence-corrected chi connectivity index (χ2v) is 12.3. The van der Waals surface area contributed by atoms with Crippen LogP contribution in [0.2, 0.25) is 0 Å². The van der Waals surface area contributed by atoms with Crippen molar-refractivity contribution < 1.29 is 85.1 Å². The summed E-state index contributed by atoms with van der Waals surface area (Å²) < 4.78 is 76.4. The van der Waals surface area contributed by atoms with Gasteiger partial charge in [0, 0.05) is 33.9 Å². The van der Waals surface area contributed by atoms with Crippen LogP contribution in [0.5, 0.6) is 0 Å². The van der Waals surface area contributed by atoms with Crippen molar-refractivity contribution in [3.63, 3.8) is 0 Å². The van der Waals surface area contributed by atoms with Crippen LogP contribution >= 0.6 is 25.6 Å². The zero-order chi connectivity index (χ0) is 29.6. The molecule has 42 heavy (non-hydrogen) atoms. The van der Waals surface area contributed by atoms with Crippen molar-refractivity contribution in [2.75, 3.05) is 8.61 Å². The Morgan fingerprint density at radius 2 is 0.857 bits per heavy atom. The van der Waals surface area contributed by atoms with Crippen LogP contribution < -0.4 is 67.7 Å². The standard InChI is InChI=1S/C24H24N6O6S4.2Na/c1-13-9-14(2)26-23(25-13)29(37)17-5-7-19(21(11-17)39(31,32)33)20-8-6-18(12-22(20)40(34,35)36)30(38)24-27-15(3)10-16(4)28-24;;/h5-12,37-38H,1-4H3,(H,31,32,33)(H,34,35,36);;/q;2*+1/p-2. The summed E-state index contributed by atoms with van der Waals surface area (Å²) in [6, 6.07) is 10.7. The molecule has 0 radical (unpaired) electrons. The van der Waals surface area contributed by atoms with Gasteiger partial charge in [0.05, 0.1) is 21.2 Å². The Morgan fingerprint density at radius 1 is 0.571 bits per heavy atom. The zero-order valence-corrected chi connectivity index (χ0v) is 30.9. The summed E-state index contributed by atoms with van der Waals surface area (Å²) in [7, 11) is -10.3. The van der Waals surface area contributed by atoms with Crippen LogP contribution in [0, 0.1) is 27.7 Å². The molecule has 0 aliphatic carbocycles. The molecule has 0 fully saturated rings. The molecule has 4 rings (SSSR count). The van der Waals surface area contributed by atoms with Gasteiger partial charge in [0.1, 0.15) is 20.2 Å². The number of aromatic nitrogens is 4. The molecule has 0 amide bonds. The summed E-state index contributed by atoms with van der Waals surface area (Å²) in [5.41, 5.74) is 2.15. The van der Waals surface area contributed by atoms with Gasteiger partial charge in [0.25, 0.3) is 0 Å². The molecule has 0 aliphatic heterocycles. The van der Waals surface area contributed by atoms with Crippen molar-refractivity contribution in [2.24, 2.45) is 0 Å². The quantitative estimate of drug-likeness (QED) is 0.126. The second-order valence-electron chi connectivity index (χ2n) is 8.79. The van der Waals surface area contributed by atoms with Crippen LogP contribution in [0.1, 0.15) is 22.8 Å². The Morgan fingerprint density at radius 3 is 1.12 bits per heavy atom. The molecule has 0 aliphatic rings. The molecule has 0 N–H and O–H groups in total. The maximum Gasteiger partial charge on any atom is 1.00 e. The van der Waals surface area contributed by atoms with Crippen LogP contribution in [-0.4, -0.2) is 45.9 Å². The van der Waals surface area contributed by atoms with E-state index < -0.39 is 30.0 Å². The van der Waals surface area contributed by atoms with Crippen molar-refractivity contribution in [1.29, 1.82) is 0 Å². The van der Waals surface area contributed by atoms with Gasteiger partial charge in [0.2, 0.25) is 11.9 Å². The summed E-state index contributed by atoms with van der Waals surface area (Å²) in [4.78, 5) is 15.5. The molecular formula is C24H22N6Na2O6S4. The van der Waals surface area contributed by atoms with Gasteiger partial charge < -0.3 is 9.11 Å². The average Bonchev–Trinajstić information content (AvgIpc) is 2.85. The SMILES string of the molecule is Cc1cc(C)nc(N(S)c2ccc(-c3ccc(N(S)c4nc(C)cc(C)n4)cc3S(=O)(=O)[O-])c(S(=O)(=O)[O-])c2)n1.[Na+].[Na+]. The molecule has 0 spiro atoms. The molecular weight excluding hydrogens is 643 g/mol. The first-order chi connectivity index (χ1) is 18.5. The van der Waals surface area contributed by atoms with Crippen molar-refractivity contribution >= 4 is 69.1 Å². The summed E-state index contributed by atoms with van der Waals surface area (Å²) in [5.74, 6) is 0.245. The summed E-state index contributed by atoms with van der Waals surface area (Å²) in [6.45, 7) is 6.96. The van der Waals surface area contributed by atoms with Crippen molar-refractivity contribution in [2.45, 2.75) is 37.5 Å². The van der Waals surface area contributed by atoms with Gasteiger partial charge in [-0.1, -0.05) is 37.8 Å². The summed E-state index contributed by atoms with van der Waals surface area (Å²) in [5, 5.41) is 0. The zero-order valence-electron chi connectivity index (χ0n) is 23.5. The van der Waals surface area contributed by atoms with Crippen LogP contribution in [0.15, 0.2) is 58.3 Å². The molecule has 0 saturated heterocycles. The van der Waals surface area contributed by atoms with E-state index in [9.17, 15) is 25.9 Å². The van der Waals surface area contributed by atoms with E-state index in [1.807, 2.05) is 0 Å². The number of thiol groups is 2. The third-order valence-electron chi connectivity index (χ3n) is 5.57. The van der Waals surface area contributed by atoms with E-state index in [0.717, 1.165) is 12.1 Å². The predicted molar refractivity (Wildman–Crippen MR) is 153 cm³/mol. The maximum atomic E-state index is 12.3. The van der Waals surface area contributed by atoms with Gasteiger partial charge in [-0.15, -0.1) is 0 Å². The number of nitrogens with zero attached hydrogens (tertiary/aromatic N) is 6. The number of hydrogen-bond acceptors (Lipinski definition) is 14.